The first-order valence-electron chi connectivity index (χ1n) is 9.34. The fourth-order valence-corrected chi connectivity index (χ4v) is 3.20. The molecule has 1 N–H and O–H groups in total. The van der Waals surface area contributed by atoms with Gasteiger partial charge in [0.15, 0.2) is 5.82 Å². The van der Waals surface area contributed by atoms with Crippen molar-refractivity contribution in [2.75, 3.05) is 31.5 Å². The van der Waals surface area contributed by atoms with Gasteiger partial charge in [0, 0.05) is 37.8 Å². The molecule has 2 aromatic rings. The van der Waals surface area contributed by atoms with Crippen LogP contribution in [0, 0.1) is 6.92 Å². The summed E-state index contributed by atoms with van der Waals surface area (Å²) in [7, 11) is 0. The van der Waals surface area contributed by atoms with Gasteiger partial charge in [-0.25, -0.2) is 0 Å². The summed E-state index contributed by atoms with van der Waals surface area (Å²) >= 11 is 0. The van der Waals surface area contributed by atoms with E-state index in [0.717, 1.165) is 6.42 Å². The van der Waals surface area contributed by atoms with Gasteiger partial charge in [-0.1, -0.05) is 24.2 Å². The Labute approximate surface area is 159 Å². The molecule has 7 nitrogen and oxygen atoms in total. The minimum Gasteiger partial charge on any atom is -0.360 e. The molecular formula is C20H26N4O3. The molecule has 7 heteroatoms. The summed E-state index contributed by atoms with van der Waals surface area (Å²) in [5.41, 5.74) is 1.94. The number of aromatic nitrogens is 1. The van der Waals surface area contributed by atoms with Gasteiger partial charge in [0.25, 0.3) is 5.91 Å². The van der Waals surface area contributed by atoms with Gasteiger partial charge in [-0.3, -0.25) is 14.5 Å². The maximum absolute atomic E-state index is 12.7. The number of hydrogen-bond donors (Lipinski definition) is 1. The summed E-state index contributed by atoms with van der Waals surface area (Å²) in [4.78, 5) is 29.0. The number of carbonyl (C=O) groups is 2. The second kappa shape index (κ2) is 8.35. The highest BCUT2D eigenvalue weighted by Crippen LogP contribution is 2.14. The fraction of sp³-hybridized carbons (Fsp3) is 0.450. The molecule has 0 aliphatic carbocycles. The van der Waals surface area contributed by atoms with Gasteiger partial charge in [0.1, 0.15) is 5.76 Å². The largest absolute Gasteiger partial charge is 0.360 e. The van der Waals surface area contributed by atoms with E-state index in [-0.39, 0.29) is 17.9 Å². The van der Waals surface area contributed by atoms with Crippen molar-refractivity contribution in [3.05, 3.63) is 47.2 Å². The molecule has 0 spiro atoms. The van der Waals surface area contributed by atoms with Crippen molar-refractivity contribution in [1.82, 2.24) is 15.0 Å². The average Bonchev–Trinajstić information content (AvgIpc) is 3.11. The first kappa shape index (κ1) is 19.1. The van der Waals surface area contributed by atoms with Gasteiger partial charge >= 0.3 is 0 Å². The van der Waals surface area contributed by atoms with E-state index < -0.39 is 0 Å². The molecular weight excluding hydrogens is 344 g/mol. The van der Waals surface area contributed by atoms with Gasteiger partial charge in [0.05, 0.1) is 6.04 Å². The standard InChI is InChI=1S/C20H26N4O3/c1-4-16-5-7-17(8-6-16)20(26)24-11-9-23(10-12-24)15(3)19(25)21-18-13-14(2)27-22-18/h5-8,13,15H,4,9-12H2,1-3H3,(H,21,22,25). The summed E-state index contributed by atoms with van der Waals surface area (Å²) in [6.45, 7) is 8.26. The second-order valence-corrected chi connectivity index (χ2v) is 6.87. The van der Waals surface area contributed by atoms with E-state index in [9.17, 15) is 9.59 Å². The predicted octanol–water partition coefficient (Wildman–Crippen LogP) is 2.33. The number of aryl methyl sites for hydroxylation is 2. The lowest BCUT2D eigenvalue weighted by molar-refractivity contribution is -0.121. The number of rotatable bonds is 5. The number of benzene rings is 1. The Morgan fingerprint density at radius 1 is 1.19 bits per heavy atom. The van der Waals surface area contributed by atoms with Crippen molar-refractivity contribution in [3.63, 3.8) is 0 Å². The molecule has 1 atom stereocenters. The van der Waals surface area contributed by atoms with E-state index in [1.54, 1.807) is 13.0 Å². The van der Waals surface area contributed by atoms with Crippen LogP contribution < -0.4 is 5.32 Å². The van der Waals surface area contributed by atoms with Gasteiger partial charge < -0.3 is 14.7 Å². The van der Waals surface area contributed by atoms with Crippen LogP contribution in [0.5, 0.6) is 0 Å². The van der Waals surface area contributed by atoms with Crippen molar-refractivity contribution in [2.24, 2.45) is 0 Å². The van der Waals surface area contributed by atoms with Crippen LogP contribution in [0.1, 0.15) is 35.5 Å². The maximum Gasteiger partial charge on any atom is 0.253 e. The van der Waals surface area contributed by atoms with Crippen LogP contribution >= 0.6 is 0 Å². The summed E-state index contributed by atoms with van der Waals surface area (Å²) in [5.74, 6) is 0.997. The number of amides is 2. The zero-order valence-corrected chi connectivity index (χ0v) is 16.1. The third-order valence-corrected chi connectivity index (χ3v) is 5.02. The van der Waals surface area contributed by atoms with Crippen LogP contribution in [0.2, 0.25) is 0 Å². The Kier molecular flexibility index (Phi) is 5.91. The lowest BCUT2D eigenvalue weighted by atomic mass is 10.1. The van der Waals surface area contributed by atoms with Crippen molar-refractivity contribution in [2.45, 2.75) is 33.2 Å². The van der Waals surface area contributed by atoms with Crippen LogP contribution in [0.4, 0.5) is 5.82 Å². The highest BCUT2D eigenvalue weighted by Gasteiger charge is 2.28. The van der Waals surface area contributed by atoms with Crippen LogP contribution in [0.3, 0.4) is 0 Å². The van der Waals surface area contributed by atoms with Crippen molar-refractivity contribution < 1.29 is 14.1 Å². The summed E-state index contributed by atoms with van der Waals surface area (Å²) < 4.78 is 4.97. The Balaban J connectivity index is 1.52. The molecule has 1 saturated heterocycles. The van der Waals surface area contributed by atoms with Gasteiger partial charge in [0.2, 0.25) is 5.91 Å². The fourth-order valence-electron chi connectivity index (χ4n) is 3.20. The highest BCUT2D eigenvalue weighted by molar-refractivity contribution is 5.95. The van der Waals surface area contributed by atoms with E-state index in [1.807, 2.05) is 36.1 Å². The van der Waals surface area contributed by atoms with Crippen LogP contribution in [0.25, 0.3) is 0 Å². The molecule has 0 radical (unpaired) electrons. The number of anilines is 1. The topological polar surface area (TPSA) is 78.7 Å². The number of carbonyl (C=O) groups excluding carboxylic acids is 2. The molecule has 1 aliphatic heterocycles. The quantitative estimate of drug-likeness (QED) is 0.874. The zero-order valence-electron chi connectivity index (χ0n) is 16.1. The first-order valence-corrected chi connectivity index (χ1v) is 9.34. The third kappa shape index (κ3) is 4.54. The van der Waals surface area contributed by atoms with E-state index in [1.165, 1.54) is 5.56 Å². The molecule has 144 valence electrons. The van der Waals surface area contributed by atoms with Crippen molar-refractivity contribution >= 4 is 17.6 Å². The second-order valence-electron chi connectivity index (χ2n) is 6.87. The summed E-state index contributed by atoms with van der Waals surface area (Å²) in [6, 6.07) is 9.17. The molecule has 3 rings (SSSR count). The SMILES string of the molecule is CCc1ccc(C(=O)N2CCN(C(C)C(=O)Nc3cc(C)on3)CC2)cc1. The summed E-state index contributed by atoms with van der Waals surface area (Å²) in [6.07, 6.45) is 0.959. The van der Waals surface area contributed by atoms with E-state index in [4.69, 9.17) is 4.52 Å². The van der Waals surface area contributed by atoms with Gasteiger partial charge in [-0.15, -0.1) is 0 Å². The van der Waals surface area contributed by atoms with Crippen LogP contribution in [0.15, 0.2) is 34.9 Å². The van der Waals surface area contributed by atoms with Crippen LogP contribution in [-0.4, -0.2) is 59.0 Å². The zero-order chi connectivity index (χ0) is 19.4. The van der Waals surface area contributed by atoms with Crippen LogP contribution in [-0.2, 0) is 11.2 Å². The van der Waals surface area contributed by atoms with E-state index in [0.29, 0.717) is 43.3 Å². The Hall–Kier alpha value is -2.67. The Bertz CT molecular complexity index is 792. The van der Waals surface area contributed by atoms with Gasteiger partial charge in [-0.05, 0) is 38.0 Å². The van der Waals surface area contributed by atoms with E-state index >= 15 is 0 Å². The lowest BCUT2D eigenvalue weighted by Gasteiger charge is -2.37. The number of nitrogens with zero attached hydrogens (tertiary/aromatic N) is 3. The molecule has 0 bridgehead atoms. The summed E-state index contributed by atoms with van der Waals surface area (Å²) in [5, 5.41) is 6.55. The third-order valence-electron chi connectivity index (χ3n) is 5.02. The number of nitrogens with one attached hydrogen (secondary N) is 1. The number of hydrogen-bond acceptors (Lipinski definition) is 5. The van der Waals surface area contributed by atoms with Crippen molar-refractivity contribution in [1.29, 1.82) is 0 Å². The molecule has 2 heterocycles. The normalized spacial score (nSPS) is 16.2. The molecule has 1 aromatic heterocycles. The van der Waals surface area contributed by atoms with Gasteiger partial charge in [-0.2, -0.15) is 0 Å². The lowest BCUT2D eigenvalue weighted by Crippen LogP contribution is -2.54. The molecule has 27 heavy (non-hydrogen) atoms. The minimum absolute atomic E-state index is 0.0486. The average molecular weight is 370 g/mol. The Morgan fingerprint density at radius 3 is 2.41 bits per heavy atom. The molecule has 2 amide bonds. The first-order chi connectivity index (χ1) is 13.0. The molecule has 0 saturated carbocycles. The Morgan fingerprint density at radius 2 is 1.85 bits per heavy atom. The molecule has 1 aliphatic rings. The maximum atomic E-state index is 12.7. The molecule has 1 aromatic carbocycles. The monoisotopic (exact) mass is 370 g/mol. The number of piperazine rings is 1. The van der Waals surface area contributed by atoms with Crippen molar-refractivity contribution in [3.8, 4) is 0 Å². The van der Waals surface area contributed by atoms with E-state index in [2.05, 4.69) is 22.3 Å². The molecule has 1 unspecified atom stereocenters. The predicted molar refractivity (Wildman–Crippen MR) is 103 cm³/mol. The smallest absolute Gasteiger partial charge is 0.253 e. The highest BCUT2D eigenvalue weighted by atomic mass is 16.5. The molecule has 1 fully saturated rings. The minimum atomic E-state index is -0.303.